The molecule has 0 aromatic carbocycles. The zero-order chi connectivity index (χ0) is 11.3. The van der Waals surface area contributed by atoms with E-state index in [2.05, 4.69) is 33.3 Å². The van der Waals surface area contributed by atoms with Crippen LogP contribution in [0.3, 0.4) is 0 Å². The van der Waals surface area contributed by atoms with E-state index in [0.717, 1.165) is 29.7 Å². The zero-order valence-electron chi connectivity index (χ0n) is 9.20. The van der Waals surface area contributed by atoms with E-state index >= 15 is 0 Å². The Kier molecular flexibility index (Phi) is 5.28. The van der Waals surface area contributed by atoms with Crippen molar-refractivity contribution in [1.82, 2.24) is 15.1 Å². The van der Waals surface area contributed by atoms with Gasteiger partial charge in [0, 0.05) is 13.1 Å². The molecule has 0 bridgehead atoms. The van der Waals surface area contributed by atoms with Crippen molar-refractivity contribution in [2.24, 2.45) is 0 Å². The summed E-state index contributed by atoms with van der Waals surface area (Å²) in [6.45, 7) is 6.37. The molecule has 15 heavy (non-hydrogen) atoms. The molecule has 0 radical (unpaired) electrons. The number of hydrogen-bond donors (Lipinski definition) is 2. The van der Waals surface area contributed by atoms with E-state index in [9.17, 15) is 5.11 Å². The lowest BCUT2D eigenvalue weighted by Gasteiger charge is -2.13. The highest BCUT2D eigenvalue weighted by Gasteiger charge is 2.16. The topological polar surface area (TPSA) is 50.1 Å². The highest BCUT2D eigenvalue weighted by Crippen LogP contribution is 2.22. The number of aryl methyl sites for hydroxylation is 1. The van der Waals surface area contributed by atoms with Crippen LogP contribution < -0.4 is 5.32 Å². The molecule has 0 saturated heterocycles. The summed E-state index contributed by atoms with van der Waals surface area (Å²) < 4.78 is 2.68. The molecule has 1 rings (SSSR count). The Morgan fingerprint density at radius 1 is 1.60 bits per heavy atom. The lowest BCUT2D eigenvalue weighted by Crippen LogP contribution is -2.24. The first-order valence-electron chi connectivity index (χ1n) is 5.30. The average molecular weight is 276 g/mol. The maximum atomic E-state index is 9.98. The Hall–Kier alpha value is -0.390. The highest BCUT2D eigenvalue weighted by molar-refractivity contribution is 9.10. The molecule has 0 spiro atoms. The minimum absolute atomic E-state index is 0.506. The summed E-state index contributed by atoms with van der Waals surface area (Å²) in [5.41, 5.74) is 0.848. The minimum atomic E-state index is -0.506. The number of aliphatic hydroxyl groups is 1. The normalized spacial score (nSPS) is 13.1. The van der Waals surface area contributed by atoms with Crippen molar-refractivity contribution >= 4 is 15.9 Å². The SMILES string of the molecule is CCCNCC(O)c1c(Br)cnn1CC. The van der Waals surface area contributed by atoms with Gasteiger partial charge in [-0.25, -0.2) is 0 Å². The number of aliphatic hydroxyl groups excluding tert-OH is 1. The van der Waals surface area contributed by atoms with Crippen molar-refractivity contribution in [2.45, 2.75) is 32.9 Å². The third-order valence-electron chi connectivity index (χ3n) is 2.21. The van der Waals surface area contributed by atoms with E-state index in [0.29, 0.717) is 6.54 Å². The van der Waals surface area contributed by atoms with Crippen molar-refractivity contribution in [1.29, 1.82) is 0 Å². The monoisotopic (exact) mass is 275 g/mol. The number of nitrogens with one attached hydrogen (secondary N) is 1. The van der Waals surface area contributed by atoms with Crippen LogP contribution in [0.4, 0.5) is 0 Å². The number of hydrogen-bond acceptors (Lipinski definition) is 3. The molecule has 0 amide bonds. The van der Waals surface area contributed by atoms with Gasteiger partial charge in [-0.1, -0.05) is 6.92 Å². The summed E-state index contributed by atoms with van der Waals surface area (Å²) >= 11 is 3.40. The first-order valence-corrected chi connectivity index (χ1v) is 6.10. The van der Waals surface area contributed by atoms with Gasteiger partial charge in [-0.3, -0.25) is 4.68 Å². The largest absolute Gasteiger partial charge is 0.385 e. The van der Waals surface area contributed by atoms with E-state index in [1.54, 1.807) is 6.20 Å². The van der Waals surface area contributed by atoms with Crippen molar-refractivity contribution in [3.8, 4) is 0 Å². The second kappa shape index (κ2) is 6.25. The molecule has 0 aliphatic heterocycles. The molecule has 1 aromatic heterocycles. The smallest absolute Gasteiger partial charge is 0.109 e. The van der Waals surface area contributed by atoms with Crippen molar-refractivity contribution in [2.75, 3.05) is 13.1 Å². The van der Waals surface area contributed by atoms with Crippen LogP contribution in [0, 0.1) is 0 Å². The summed E-state index contributed by atoms with van der Waals surface area (Å²) in [6, 6.07) is 0. The second-order valence-corrected chi connectivity index (χ2v) is 4.27. The summed E-state index contributed by atoms with van der Waals surface area (Å²) in [6.07, 6.45) is 2.29. The van der Waals surface area contributed by atoms with Crippen LogP contribution in [0.15, 0.2) is 10.7 Å². The van der Waals surface area contributed by atoms with E-state index in [1.165, 1.54) is 0 Å². The molecule has 1 aromatic rings. The summed E-state index contributed by atoms with van der Waals surface area (Å²) in [5, 5.41) is 17.3. The molecule has 4 nitrogen and oxygen atoms in total. The van der Waals surface area contributed by atoms with Gasteiger partial charge in [0.15, 0.2) is 0 Å². The molecule has 0 aliphatic carbocycles. The van der Waals surface area contributed by atoms with E-state index in [1.807, 2.05) is 11.6 Å². The van der Waals surface area contributed by atoms with Gasteiger partial charge in [-0.15, -0.1) is 0 Å². The maximum absolute atomic E-state index is 9.98. The molecule has 1 unspecified atom stereocenters. The first-order chi connectivity index (χ1) is 7.20. The van der Waals surface area contributed by atoms with Gasteiger partial charge in [-0.05, 0) is 35.8 Å². The van der Waals surface area contributed by atoms with Crippen LogP contribution in [0.5, 0.6) is 0 Å². The van der Waals surface area contributed by atoms with Crippen LogP contribution in [0.1, 0.15) is 32.1 Å². The van der Waals surface area contributed by atoms with Gasteiger partial charge in [-0.2, -0.15) is 5.10 Å². The number of halogens is 1. The predicted octanol–water partition coefficient (Wildman–Crippen LogP) is 1.70. The lowest BCUT2D eigenvalue weighted by atomic mass is 10.2. The molecular weight excluding hydrogens is 258 g/mol. The second-order valence-electron chi connectivity index (χ2n) is 3.41. The number of nitrogens with zero attached hydrogens (tertiary/aromatic N) is 2. The Balaban J connectivity index is 2.63. The Labute approximate surface area is 98.8 Å². The average Bonchev–Trinajstić information content (AvgIpc) is 2.59. The van der Waals surface area contributed by atoms with Crippen LogP contribution in [-0.4, -0.2) is 28.0 Å². The summed E-state index contributed by atoms with van der Waals surface area (Å²) in [7, 11) is 0. The third-order valence-corrected chi connectivity index (χ3v) is 2.82. The standard InChI is InChI=1S/C10H18BrN3O/c1-3-5-12-7-9(15)10-8(11)6-13-14(10)4-2/h6,9,12,15H,3-5,7H2,1-2H3. The van der Waals surface area contributed by atoms with Crippen molar-refractivity contribution in [3.05, 3.63) is 16.4 Å². The molecule has 1 atom stereocenters. The molecule has 0 aliphatic rings. The highest BCUT2D eigenvalue weighted by atomic mass is 79.9. The summed E-state index contributed by atoms with van der Waals surface area (Å²) in [4.78, 5) is 0. The van der Waals surface area contributed by atoms with Crippen LogP contribution in [-0.2, 0) is 6.54 Å². The van der Waals surface area contributed by atoms with E-state index < -0.39 is 6.10 Å². The van der Waals surface area contributed by atoms with Gasteiger partial charge < -0.3 is 10.4 Å². The molecular formula is C10H18BrN3O. The fourth-order valence-corrected chi connectivity index (χ4v) is 2.03. The predicted molar refractivity (Wildman–Crippen MR) is 63.7 cm³/mol. The maximum Gasteiger partial charge on any atom is 0.109 e. The molecule has 0 fully saturated rings. The van der Waals surface area contributed by atoms with Crippen LogP contribution >= 0.6 is 15.9 Å². The van der Waals surface area contributed by atoms with Gasteiger partial charge in [0.05, 0.1) is 16.4 Å². The van der Waals surface area contributed by atoms with Crippen LogP contribution in [0.25, 0.3) is 0 Å². The Morgan fingerprint density at radius 2 is 2.33 bits per heavy atom. The van der Waals surface area contributed by atoms with Gasteiger partial charge >= 0.3 is 0 Å². The van der Waals surface area contributed by atoms with Gasteiger partial charge in [0.2, 0.25) is 0 Å². The first kappa shape index (κ1) is 12.7. The van der Waals surface area contributed by atoms with E-state index in [4.69, 9.17) is 0 Å². The quantitative estimate of drug-likeness (QED) is 0.777. The summed E-state index contributed by atoms with van der Waals surface area (Å²) in [5.74, 6) is 0. The van der Waals surface area contributed by atoms with Crippen LogP contribution in [0.2, 0.25) is 0 Å². The number of aromatic nitrogens is 2. The third kappa shape index (κ3) is 3.29. The minimum Gasteiger partial charge on any atom is -0.385 e. The van der Waals surface area contributed by atoms with Crippen molar-refractivity contribution < 1.29 is 5.11 Å². The molecule has 1 heterocycles. The molecule has 86 valence electrons. The molecule has 2 N–H and O–H groups in total. The molecule has 0 saturated carbocycles. The Morgan fingerprint density at radius 3 is 2.93 bits per heavy atom. The fourth-order valence-electron chi connectivity index (χ4n) is 1.47. The number of rotatable bonds is 6. The fraction of sp³-hybridized carbons (Fsp3) is 0.700. The van der Waals surface area contributed by atoms with Gasteiger partial charge in [0.25, 0.3) is 0 Å². The Bertz CT molecular complexity index is 301. The van der Waals surface area contributed by atoms with E-state index in [-0.39, 0.29) is 0 Å². The van der Waals surface area contributed by atoms with Gasteiger partial charge in [0.1, 0.15) is 6.10 Å². The van der Waals surface area contributed by atoms with Crippen molar-refractivity contribution in [3.63, 3.8) is 0 Å². The molecule has 5 heteroatoms. The lowest BCUT2D eigenvalue weighted by molar-refractivity contribution is 0.163. The zero-order valence-corrected chi connectivity index (χ0v) is 10.8.